The molecule has 0 saturated heterocycles. The molecule has 0 saturated carbocycles. The summed E-state index contributed by atoms with van der Waals surface area (Å²) >= 11 is 0. The van der Waals surface area contributed by atoms with Gasteiger partial charge in [-0.2, -0.15) is 0 Å². The van der Waals surface area contributed by atoms with Crippen molar-refractivity contribution in [2.75, 3.05) is 12.8 Å². The Hall–Kier alpha value is -2.40. The van der Waals surface area contributed by atoms with Crippen LogP contribution in [0.3, 0.4) is 0 Å². The monoisotopic (exact) mass is 315 g/mol. The number of carbonyl (C=O) groups excluding carboxylic acids is 1. The lowest BCUT2D eigenvalue weighted by atomic mass is 10.2. The number of sulfone groups is 1. The standard InChI is InChI=1S/C17H17NO3S/c1-22(20,21)16-11-9-15(10-12-16)17(19)18-13-5-8-14-6-3-2-4-7-14/h2-12H,13H2,1H3,(H,18,19). The second kappa shape index (κ2) is 7.04. The average molecular weight is 315 g/mol. The maximum absolute atomic E-state index is 11.9. The topological polar surface area (TPSA) is 63.2 Å². The fraction of sp³-hybridized carbons (Fsp3) is 0.118. The first-order chi connectivity index (χ1) is 10.5. The van der Waals surface area contributed by atoms with Crippen LogP contribution >= 0.6 is 0 Å². The SMILES string of the molecule is CS(=O)(=O)c1ccc(C(=O)NCC=Cc2ccccc2)cc1. The highest BCUT2D eigenvalue weighted by molar-refractivity contribution is 7.90. The molecule has 0 heterocycles. The Morgan fingerprint density at radius 2 is 1.68 bits per heavy atom. The fourth-order valence-corrected chi connectivity index (χ4v) is 2.50. The van der Waals surface area contributed by atoms with Gasteiger partial charge in [-0.1, -0.05) is 42.5 Å². The molecule has 0 atom stereocenters. The molecule has 0 aromatic heterocycles. The Morgan fingerprint density at radius 1 is 1.05 bits per heavy atom. The van der Waals surface area contributed by atoms with Crippen LogP contribution in [0.4, 0.5) is 0 Å². The number of hydrogen-bond acceptors (Lipinski definition) is 3. The van der Waals surface area contributed by atoms with E-state index >= 15 is 0 Å². The van der Waals surface area contributed by atoms with Crippen molar-refractivity contribution >= 4 is 21.8 Å². The normalized spacial score (nSPS) is 11.5. The van der Waals surface area contributed by atoms with Crippen LogP contribution in [-0.2, 0) is 9.84 Å². The number of rotatable bonds is 5. The smallest absolute Gasteiger partial charge is 0.251 e. The first-order valence-corrected chi connectivity index (χ1v) is 8.66. The zero-order chi connectivity index (χ0) is 16.0. The summed E-state index contributed by atoms with van der Waals surface area (Å²) in [5.74, 6) is -0.238. The van der Waals surface area contributed by atoms with E-state index in [1.165, 1.54) is 24.3 Å². The van der Waals surface area contributed by atoms with E-state index in [1.54, 1.807) is 0 Å². The third-order valence-electron chi connectivity index (χ3n) is 3.04. The minimum Gasteiger partial charge on any atom is -0.349 e. The molecule has 0 aliphatic rings. The molecule has 0 aliphatic carbocycles. The summed E-state index contributed by atoms with van der Waals surface area (Å²) in [5, 5.41) is 2.75. The van der Waals surface area contributed by atoms with Crippen LogP contribution in [0, 0.1) is 0 Å². The minimum atomic E-state index is -3.24. The van der Waals surface area contributed by atoms with E-state index in [0.717, 1.165) is 11.8 Å². The van der Waals surface area contributed by atoms with Gasteiger partial charge >= 0.3 is 0 Å². The predicted octanol–water partition coefficient (Wildman–Crippen LogP) is 2.53. The molecule has 0 fully saturated rings. The first-order valence-electron chi connectivity index (χ1n) is 6.77. The number of amides is 1. The molecule has 0 radical (unpaired) electrons. The summed E-state index contributed by atoms with van der Waals surface area (Å²) in [6.07, 6.45) is 4.92. The van der Waals surface area contributed by atoms with Crippen LogP contribution < -0.4 is 5.32 Å². The molecule has 5 heteroatoms. The highest BCUT2D eigenvalue weighted by atomic mass is 32.2. The summed E-state index contributed by atoms with van der Waals surface area (Å²) in [4.78, 5) is 12.1. The van der Waals surface area contributed by atoms with Gasteiger partial charge in [0.2, 0.25) is 0 Å². The highest BCUT2D eigenvalue weighted by Crippen LogP contribution is 2.10. The Kier molecular flexibility index (Phi) is 5.12. The molecule has 0 unspecified atom stereocenters. The zero-order valence-corrected chi connectivity index (χ0v) is 13.0. The van der Waals surface area contributed by atoms with Gasteiger partial charge in [0.05, 0.1) is 4.90 Å². The Balaban J connectivity index is 1.91. The maximum atomic E-state index is 11.9. The largest absolute Gasteiger partial charge is 0.349 e. The Morgan fingerprint density at radius 3 is 2.27 bits per heavy atom. The van der Waals surface area contributed by atoms with Gasteiger partial charge in [-0.3, -0.25) is 4.79 Å². The quantitative estimate of drug-likeness (QED) is 0.922. The number of carbonyl (C=O) groups is 1. The third-order valence-corrected chi connectivity index (χ3v) is 4.16. The molecule has 0 spiro atoms. The molecule has 1 amide bonds. The van der Waals surface area contributed by atoms with Gasteiger partial charge < -0.3 is 5.32 Å². The van der Waals surface area contributed by atoms with E-state index in [-0.39, 0.29) is 10.8 Å². The zero-order valence-electron chi connectivity index (χ0n) is 12.2. The third kappa shape index (κ3) is 4.56. The van der Waals surface area contributed by atoms with Gasteiger partial charge in [0, 0.05) is 18.4 Å². The molecular weight excluding hydrogens is 298 g/mol. The van der Waals surface area contributed by atoms with E-state index in [2.05, 4.69) is 5.32 Å². The first kappa shape index (κ1) is 16.0. The summed E-state index contributed by atoms with van der Waals surface area (Å²) in [7, 11) is -3.24. The van der Waals surface area contributed by atoms with Crippen molar-refractivity contribution in [2.24, 2.45) is 0 Å². The lowest BCUT2D eigenvalue weighted by molar-refractivity contribution is 0.0958. The van der Waals surface area contributed by atoms with Crippen molar-refractivity contribution in [1.29, 1.82) is 0 Å². The highest BCUT2D eigenvalue weighted by Gasteiger charge is 2.09. The van der Waals surface area contributed by atoms with Crippen LogP contribution in [-0.4, -0.2) is 27.1 Å². The van der Waals surface area contributed by atoms with Crippen molar-refractivity contribution in [3.8, 4) is 0 Å². The van der Waals surface area contributed by atoms with Gasteiger partial charge in [0.1, 0.15) is 0 Å². The van der Waals surface area contributed by atoms with Gasteiger partial charge in [-0.15, -0.1) is 0 Å². The number of nitrogens with one attached hydrogen (secondary N) is 1. The number of benzene rings is 2. The number of hydrogen-bond donors (Lipinski definition) is 1. The predicted molar refractivity (Wildman–Crippen MR) is 87.4 cm³/mol. The van der Waals surface area contributed by atoms with E-state index in [0.29, 0.717) is 12.1 Å². The van der Waals surface area contributed by atoms with E-state index in [4.69, 9.17) is 0 Å². The molecule has 2 aromatic carbocycles. The van der Waals surface area contributed by atoms with Crippen LogP contribution in [0.15, 0.2) is 65.6 Å². The average Bonchev–Trinajstić information content (AvgIpc) is 2.52. The molecule has 1 N–H and O–H groups in total. The molecule has 114 valence electrons. The van der Waals surface area contributed by atoms with Crippen molar-refractivity contribution in [3.63, 3.8) is 0 Å². The molecule has 0 aliphatic heterocycles. The van der Waals surface area contributed by atoms with E-state index < -0.39 is 9.84 Å². The minimum absolute atomic E-state index is 0.202. The van der Waals surface area contributed by atoms with E-state index in [9.17, 15) is 13.2 Å². The fourth-order valence-electron chi connectivity index (χ4n) is 1.87. The molecule has 0 bridgehead atoms. The van der Waals surface area contributed by atoms with Crippen molar-refractivity contribution in [3.05, 3.63) is 71.8 Å². The maximum Gasteiger partial charge on any atom is 0.251 e. The van der Waals surface area contributed by atoms with Crippen molar-refractivity contribution in [2.45, 2.75) is 4.90 Å². The summed E-state index contributed by atoms with van der Waals surface area (Å²) in [5.41, 5.74) is 1.50. The lowest BCUT2D eigenvalue weighted by Gasteiger charge is -2.03. The lowest BCUT2D eigenvalue weighted by Crippen LogP contribution is -2.23. The van der Waals surface area contributed by atoms with Gasteiger partial charge in [-0.05, 0) is 29.8 Å². The molecular formula is C17H17NO3S. The molecule has 2 rings (SSSR count). The van der Waals surface area contributed by atoms with Crippen LogP contribution in [0.2, 0.25) is 0 Å². The summed E-state index contributed by atoms with van der Waals surface area (Å²) in [6, 6.07) is 15.7. The van der Waals surface area contributed by atoms with Crippen molar-refractivity contribution in [1.82, 2.24) is 5.32 Å². The van der Waals surface area contributed by atoms with Crippen LogP contribution in [0.1, 0.15) is 15.9 Å². The Labute approximate surface area is 130 Å². The molecule has 22 heavy (non-hydrogen) atoms. The van der Waals surface area contributed by atoms with Gasteiger partial charge in [-0.25, -0.2) is 8.42 Å². The Bertz CT molecular complexity index is 763. The van der Waals surface area contributed by atoms with Crippen LogP contribution in [0.25, 0.3) is 6.08 Å². The van der Waals surface area contributed by atoms with Crippen molar-refractivity contribution < 1.29 is 13.2 Å². The van der Waals surface area contributed by atoms with Gasteiger partial charge in [0.25, 0.3) is 5.91 Å². The second-order valence-corrected chi connectivity index (χ2v) is 6.84. The molecule has 4 nitrogen and oxygen atoms in total. The van der Waals surface area contributed by atoms with Gasteiger partial charge in [0.15, 0.2) is 9.84 Å². The van der Waals surface area contributed by atoms with Crippen LogP contribution in [0.5, 0.6) is 0 Å². The second-order valence-electron chi connectivity index (χ2n) is 4.82. The summed E-state index contributed by atoms with van der Waals surface area (Å²) < 4.78 is 22.7. The molecule has 2 aromatic rings. The van der Waals surface area contributed by atoms with E-state index in [1.807, 2.05) is 42.5 Å². The summed E-state index contributed by atoms with van der Waals surface area (Å²) in [6.45, 7) is 0.404.